The van der Waals surface area contributed by atoms with Crippen molar-refractivity contribution in [2.45, 2.75) is 20.1 Å². The number of fused-ring (bicyclic) bond motifs is 3. The van der Waals surface area contributed by atoms with E-state index in [9.17, 15) is 9.90 Å². The Labute approximate surface area is 110 Å². The van der Waals surface area contributed by atoms with Crippen LogP contribution < -0.4 is 4.90 Å². The van der Waals surface area contributed by atoms with Crippen LogP contribution in [0.4, 0.5) is 5.69 Å². The Kier molecular flexibility index (Phi) is 2.48. The highest BCUT2D eigenvalue weighted by Crippen LogP contribution is 2.41. The molecule has 2 aliphatic heterocycles. The van der Waals surface area contributed by atoms with Crippen LogP contribution in [0.25, 0.3) is 5.76 Å². The molecule has 0 spiro atoms. The molecule has 5 heteroatoms. The minimum atomic E-state index is -0.468. The number of esters is 1. The quantitative estimate of drug-likeness (QED) is 0.785. The summed E-state index contributed by atoms with van der Waals surface area (Å²) in [5, 5.41) is 9.54. The molecule has 0 saturated carbocycles. The molecule has 0 bridgehead atoms. The molecule has 0 amide bonds. The topological polar surface area (TPSA) is 59.0 Å². The van der Waals surface area contributed by atoms with E-state index in [-0.39, 0.29) is 11.9 Å². The normalized spacial score (nSPS) is 20.4. The molecule has 0 fully saturated rings. The van der Waals surface area contributed by atoms with Gasteiger partial charge in [-0.15, -0.1) is 0 Å². The van der Waals surface area contributed by atoms with Crippen LogP contribution in [0, 0.1) is 0 Å². The van der Waals surface area contributed by atoms with Gasteiger partial charge in [0.2, 0.25) is 6.23 Å². The highest BCUT2D eigenvalue weighted by molar-refractivity contribution is 5.85. The maximum absolute atomic E-state index is 11.3. The third-order valence-corrected chi connectivity index (χ3v) is 3.14. The second kappa shape index (κ2) is 4.05. The third kappa shape index (κ3) is 1.74. The molecular weight excluding hydrogens is 246 g/mol. The van der Waals surface area contributed by atoms with Crippen molar-refractivity contribution in [3.63, 3.8) is 0 Å². The van der Waals surface area contributed by atoms with Gasteiger partial charge in [-0.05, 0) is 19.1 Å². The average molecular weight is 259 g/mol. The van der Waals surface area contributed by atoms with E-state index in [0.717, 1.165) is 16.8 Å². The highest BCUT2D eigenvalue weighted by Gasteiger charge is 2.37. The lowest BCUT2D eigenvalue weighted by Gasteiger charge is -2.32. The zero-order chi connectivity index (χ0) is 13.6. The van der Waals surface area contributed by atoms with Crippen molar-refractivity contribution in [2.24, 2.45) is 0 Å². The first-order chi connectivity index (χ1) is 9.08. The van der Waals surface area contributed by atoms with Crippen molar-refractivity contribution in [2.75, 3.05) is 4.90 Å². The molecular formula is C14H13NO4. The number of aliphatic hydroxyl groups excluding tert-OH is 1. The maximum Gasteiger partial charge on any atom is 0.308 e. The van der Waals surface area contributed by atoms with E-state index in [0.29, 0.717) is 5.76 Å². The molecule has 3 rings (SSSR count). The van der Waals surface area contributed by atoms with Crippen molar-refractivity contribution < 1.29 is 19.4 Å². The zero-order valence-electron chi connectivity index (χ0n) is 10.6. The zero-order valence-corrected chi connectivity index (χ0v) is 10.6. The summed E-state index contributed by atoms with van der Waals surface area (Å²) < 4.78 is 10.6. The first-order valence-electron chi connectivity index (χ1n) is 5.92. The summed E-state index contributed by atoms with van der Waals surface area (Å²) >= 11 is 0. The predicted molar refractivity (Wildman–Crippen MR) is 68.9 cm³/mol. The van der Waals surface area contributed by atoms with Gasteiger partial charge in [0.15, 0.2) is 0 Å². The molecule has 5 nitrogen and oxygen atoms in total. The minimum absolute atomic E-state index is 0.150. The molecule has 0 saturated heterocycles. The van der Waals surface area contributed by atoms with Gasteiger partial charge in [-0.2, -0.15) is 0 Å². The number of nitrogens with zero attached hydrogens (tertiary/aromatic N) is 1. The van der Waals surface area contributed by atoms with Crippen molar-refractivity contribution in [3.05, 3.63) is 47.5 Å². The van der Waals surface area contributed by atoms with Crippen LogP contribution in [0.15, 0.2) is 42.0 Å². The fourth-order valence-electron chi connectivity index (χ4n) is 2.38. The van der Waals surface area contributed by atoms with E-state index < -0.39 is 6.23 Å². The summed E-state index contributed by atoms with van der Waals surface area (Å²) in [6.07, 6.45) is 1.06. The molecule has 1 atom stereocenters. The van der Waals surface area contributed by atoms with Crippen molar-refractivity contribution >= 4 is 17.4 Å². The van der Waals surface area contributed by atoms with E-state index >= 15 is 0 Å². The molecule has 19 heavy (non-hydrogen) atoms. The van der Waals surface area contributed by atoms with Crippen LogP contribution in [-0.2, 0) is 14.3 Å². The van der Waals surface area contributed by atoms with Gasteiger partial charge >= 0.3 is 5.97 Å². The smallest absolute Gasteiger partial charge is 0.308 e. The maximum atomic E-state index is 11.3. The summed E-state index contributed by atoms with van der Waals surface area (Å²) in [6.45, 7) is 3.18. The number of ether oxygens (including phenoxy) is 2. The van der Waals surface area contributed by atoms with Crippen LogP contribution in [-0.4, -0.2) is 17.3 Å². The van der Waals surface area contributed by atoms with Crippen LogP contribution >= 0.6 is 0 Å². The number of carbonyl (C=O) groups excluding carboxylic acids is 1. The summed E-state index contributed by atoms with van der Waals surface area (Å²) in [7, 11) is 0. The van der Waals surface area contributed by atoms with Gasteiger partial charge in [-0.3, -0.25) is 4.79 Å². The Bertz CT molecular complexity index is 618. The van der Waals surface area contributed by atoms with E-state index in [2.05, 4.69) is 0 Å². The van der Waals surface area contributed by atoms with E-state index in [4.69, 9.17) is 9.47 Å². The first-order valence-corrected chi connectivity index (χ1v) is 5.92. The lowest BCUT2D eigenvalue weighted by molar-refractivity contribution is -0.134. The van der Waals surface area contributed by atoms with Crippen LogP contribution in [0.1, 0.15) is 19.4 Å². The van der Waals surface area contributed by atoms with Gasteiger partial charge in [0.25, 0.3) is 5.95 Å². The monoisotopic (exact) mass is 259 g/mol. The Morgan fingerprint density at radius 3 is 2.89 bits per heavy atom. The van der Waals surface area contributed by atoms with Gasteiger partial charge in [0.1, 0.15) is 5.76 Å². The Morgan fingerprint density at radius 1 is 1.42 bits per heavy atom. The fourth-order valence-corrected chi connectivity index (χ4v) is 2.38. The standard InChI is InChI=1S/C14H13NO4/c1-8-13(18-9(2)16)10-5-3-4-6-11(10)15-7-12(17)19-14(8)15/h3-7,14,17H,1-2H3. The molecule has 2 heterocycles. The molecule has 0 aliphatic carbocycles. The van der Waals surface area contributed by atoms with E-state index in [1.54, 1.807) is 0 Å². The van der Waals surface area contributed by atoms with Crippen molar-refractivity contribution in [1.29, 1.82) is 0 Å². The van der Waals surface area contributed by atoms with Crippen molar-refractivity contribution in [3.8, 4) is 0 Å². The van der Waals surface area contributed by atoms with Crippen LogP contribution in [0.5, 0.6) is 0 Å². The van der Waals surface area contributed by atoms with Gasteiger partial charge in [-0.1, -0.05) is 12.1 Å². The molecule has 1 aromatic carbocycles. The van der Waals surface area contributed by atoms with Crippen LogP contribution in [0.2, 0.25) is 0 Å². The molecule has 0 radical (unpaired) electrons. The van der Waals surface area contributed by atoms with Gasteiger partial charge < -0.3 is 19.5 Å². The van der Waals surface area contributed by atoms with Crippen molar-refractivity contribution in [1.82, 2.24) is 0 Å². The number of carbonyl (C=O) groups is 1. The second-order valence-corrected chi connectivity index (χ2v) is 4.47. The SMILES string of the molecule is CC(=O)OC1=C(C)C2OC(O)=CN2c2ccccc21. The van der Waals surface area contributed by atoms with Gasteiger partial charge in [-0.25, -0.2) is 0 Å². The number of aliphatic hydroxyl groups is 1. The molecule has 1 unspecified atom stereocenters. The molecule has 1 aromatic rings. The van der Waals surface area contributed by atoms with E-state index in [1.807, 2.05) is 36.1 Å². The largest absolute Gasteiger partial charge is 0.480 e. The summed E-state index contributed by atoms with van der Waals surface area (Å²) in [4.78, 5) is 13.1. The Hall–Kier alpha value is -2.43. The molecule has 0 aromatic heterocycles. The number of hydrogen-bond donors (Lipinski definition) is 1. The van der Waals surface area contributed by atoms with Gasteiger partial charge in [0, 0.05) is 18.1 Å². The molecule has 98 valence electrons. The number of para-hydroxylation sites is 1. The number of benzene rings is 1. The number of anilines is 1. The Morgan fingerprint density at radius 2 is 2.16 bits per heavy atom. The summed E-state index contributed by atoms with van der Waals surface area (Å²) in [5.41, 5.74) is 2.38. The summed E-state index contributed by atoms with van der Waals surface area (Å²) in [5.74, 6) is -0.0385. The third-order valence-electron chi connectivity index (χ3n) is 3.14. The second-order valence-electron chi connectivity index (χ2n) is 4.47. The number of rotatable bonds is 1. The molecule has 2 aliphatic rings. The van der Waals surface area contributed by atoms with E-state index in [1.165, 1.54) is 13.1 Å². The summed E-state index contributed by atoms with van der Waals surface area (Å²) in [6, 6.07) is 7.51. The van der Waals surface area contributed by atoms with Gasteiger partial charge in [0.05, 0.1) is 11.9 Å². The fraction of sp³-hybridized carbons (Fsp3) is 0.214. The highest BCUT2D eigenvalue weighted by atomic mass is 16.6. The average Bonchev–Trinajstić information content (AvgIpc) is 2.76. The number of hydrogen-bond acceptors (Lipinski definition) is 5. The minimum Gasteiger partial charge on any atom is -0.480 e. The lowest BCUT2D eigenvalue weighted by atomic mass is 10.0. The first kappa shape index (κ1) is 11.6. The van der Waals surface area contributed by atoms with Crippen LogP contribution in [0.3, 0.4) is 0 Å². The predicted octanol–water partition coefficient (Wildman–Crippen LogP) is 2.51. The molecule has 1 N–H and O–H groups in total. The Balaban J connectivity index is 2.17. The lowest BCUT2D eigenvalue weighted by Crippen LogP contribution is -2.33.